The first-order valence-electron chi connectivity index (χ1n) is 3.95. The van der Waals surface area contributed by atoms with Crippen molar-refractivity contribution >= 4 is 17.4 Å². The van der Waals surface area contributed by atoms with E-state index in [1.54, 1.807) is 0 Å². The number of urea groups is 1. The fourth-order valence-corrected chi connectivity index (χ4v) is 1.25. The van der Waals surface area contributed by atoms with Gasteiger partial charge in [-0.05, 0) is 24.1 Å². The number of nitrogens with one attached hydrogen (secondary N) is 1. The molecular formula is C9H9N2O. The molecule has 1 aromatic carbocycles. The van der Waals surface area contributed by atoms with Gasteiger partial charge in [-0.3, -0.25) is 0 Å². The van der Waals surface area contributed by atoms with Gasteiger partial charge < -0.3 is 5.32 Å². The molecule has 0 saturated heterocycles. The first-order valence-corrected chi connectivity index (χ1v) is 3.95. The molecule has 0 unspecified atom stereocenters. The highest BCUT2D eigenvalue weighted by molar-refractivity contribution is 6.02. The van der Waals surface area contributed by atoms with Crippen LogP contribution in [0.3, 0.4) is 0 Å². The number of amides is 2. The average Bonchev–Trinajstić information content (AvgIpc) is 2.43. The van der Waals surface area contributed by atoms with Gasteiger partial charge in [0.1, 0.15) is 0 Å². The number of anilines is 1. The van der Waals surface area contributed by atoms with E-state index in [0.717, 1.165) is 17.8 Å². The van der Waals surface area contributed by atoms with Gasteiger partial charge in [0.2, 0.25) is 0 Å². The molecule has 3 nitrogen and oxygen atoms in total. The van der Waals surface area contributed by atoms with Gasteiger partial charge in [-0.15, -0.1) is 0 Å². The fourth-order valence-electron chi connectivity index (χ4n) is 1.25. The van der Waals surface area contributed by atoms with Crippen LogP contribution in [0.15, 0.2) is 18.2 Å². The highest BCUT2D eigenvalue weighted by atomic mass is 16.2. The molecule has 0 aromatic heterocycles. The van der Waals surface area contributed by atoms with Crippen LogP contribution in [0.2, 0.25) is 0 Å². The lowest BCUT2D eigenvalue weighted by Gasteiger charge is -1.98. The lowest BCUT2D eigenvalue weighted by Crippen LogP contribution is -2.08. The van der Waals surface area contributed by atoms with E-state index in [4.69, 9.17) is 0 Å². The summed E-state index contributed by atoms with van der Waals surface area (Å²) < 4.78 is 0. The highest BCUT2D eigenvalue weighted by Crippen LogP contribution is 2.28. The zero-order valence-electron chi connectivity index (χ0n) is 6.79. The molecule has 3 heteroatoms. The van der Waals surface area contributed by atoms with Gasteiger partial charge in [-0.25, -0.2) is 4.79 Å². The molecule has 0 spiro atoms. The maximum atomic E-state index is 10.8. The summed E-state index contributed by atoms with van der Waals surface area (Å²) in [6.07, 6.45) is 0.969. The standard InChI is InChI=1S/C9H9N2O/c1-2-6-3-4-7-8(5-6)11-9(12)10-7/h3-5H,2H2,1H3,(H,10,12). The molecule has 61 valence electrons. The molecule has 12 heavy (non-hydrogen) atoms. The van der Waals surface area contributed by atoms with E-state index in [2.05, 4.69) is 17.6 Å². The Morgan fingerprint density at radius 2 is 2.33 bits per heavy atom. The molecule has 1 N–H and O–H groups in total. The third-order valence-electron chi connectivity index (χ3n) is 1.93. The van der Waals surface area contributed by atoms with Gasteiger partial charge >= 0.3 is 6.03 Å². The summed E-state index contributed by atoms with van der Waals surface area (Å²) in [6.45, 7) is 2.08. The van der Waals surface area contributed by atoms with Crippen LogP contribution in [-0.4, -0.2) is 6.03 Å². The van der Waals surface area contributed by atoms with Crippen molar-refractivity contribution in [2.45, 2.75) is 13.3 Å². The third-order valence-corrected chi connectivity index (χ3v) is 1.93. The SMILES string of the molecule is CCc1ccc2c(c1)[N]C(=O)N2. The number of fused-ring (bicyclic) bond motifs is 1. The quantitative estimate of drug-likeness (QED) is 0.672. The lowest BCUT2D eigenvalue weighted by molar-refractivity contribution is 0.256. The normalized spacial score (nSPS) is 13.6. The van der Waals surface area contributed by atoms with E-state index >= 15 is 0 Å². The second-order valence-electron chi connectivity index (χ2n) is 2.75. The van der Waals surface area contributed by atoms with Crippen molar-refractivity contribution in [3.63, 3.8) is 0 Å². The Bertz CT molecular complexity index is 333. The van der Waals surface area contributed by atoms with Gasteiger partial charge in [0.15, 0.2) is 0 Å². The molecule has 0 saturated carbocycles. The predicted molar refractivity (Wildman–Crippen MR) is 46.6 cm³/mol. The first kappa shape index (κ1) is 7.16. The minimum absolute atomic E-state index is 0.266. The minimum atomic E-state index is -0.266. The van der Waals surface area contributed by atoms with Crippen molar-refractivity contribution < 1.29 is 4.79 Å². The summed E-state index contributed by atoms with van der Waals surface area (Å²) in [7, 11) is 0. The first-order chi connectivity index (χ1) is 5.79. The van der Waals surface area contributed by atoms with E-state index in [1.165, 1.54) is 5.56 Å². The maximum absolute atomic E-state index is 10.8. The van der Waals surface area contributed by atoms with Crippen LogP contribution in [0, 0.1) is 0 Å². The van der Waals surface area contributed by atoms with Crippen LogP contribution in [0.1, 0.15) is 12.5 Å². The minimum Gasteiger partial charge on any atom is -0.304 e. The smallest absolute Gasteiger partial charge is 0.304 e. The molecule has 0 atom stereocenters. The van der Waals surface area contributed by atoms with Crippen LogP contribution in [0.4, 0.5) is 16.2 Å². The Hall–Kier alpha value is -1.51. The largest absolute Gasteiger partial charge is 0.346 e. The number of benzene rings is 1. The zero-order valence-corrected chi connectivity index (χ0v) is 6.79. The predicted octanol–water partition coefficient (Wildman–Crippen LogP) is 2.03. The number of nitrogens with zero attached hydrogens (tertiary/aromatic N) is 1. The zero-order chi connectivity index (χ0) is 8.55. The van der Waals surface area contributed by atoms with Crippen molar-refractivity contribution in [3.05, 3.63) is 23.8 Å². The summed E-state index contributed by atoms with van der Waals surface area (Å²) in [5.74, 6) is 0. The number of aryl methyl sites for hydroxylation is 1. The summed E-state index contributed by atoms with van der Waals surface area (Å²) in [5, 5.41) is 6.45. The van der Waals surface area contributed by atoms with Crippen LogP contribution < -0.4 is 10.6 Å². The fraction of sp³-hybridized carbons (Fsp3) is 0.222. The molecular weight excluding hydrogens is 152 g/mol. The monoisotopic (exact) mass is 161 g/mol. The highest BCUT2D eigenvalue weighted by Gasteiger charge is 2.17. The van der Waals surface area contributed by atoms with Gasteiger partial charge in [-0.2, -0.15) is 5.32 Å². The molecule has 0 fully saturated rings. The van der Waals surface area contributed by atoms with Crippen LogP contribution in [0.5, 0.6) is 0 Å². The Kier molecular flexibility index (Phi) is 1.50. The Balaban J connectivity index is 2.41. The molecule has 1 aromatic rings. The number of carbonyl (C=O) groups excluding carboxylic acids is 1. The molecule has 0 aliphatic carbocycles. The summed E-state index contributed by atoms with van der Waals surface area (Å²) in [6, 6.07) is 5.56. The molecule has 2 rings (SSSR count). The molecule has 1 aliphatic rings. The number of rotatable bonds is 1. The average molecular weight is 161 g/mol. The third kappa shape index (κ3) is 1.03. The van der Waals surface area contributed by atoms with E-state index in [0.29, 0.717) is 0 Å². The van der Waals surface area contributed by atoms with Gasteiger partial charge in [0.05, 0.1) is 11.4 Å². The number of carbonyl (C=O) groups is 1. The van der Waals surface area contributed by atoms with Gasteiger partial charge in [0.25, 0.3) is 0 Å². The lowest BCUT2D eigenvalue weighted by atomic mass is 10.1. The topological polar surface area (TPSA) is 43.2 Å². The Morgan fingerprint density at radius 1 is 1.50 bits per heavy atom. The van der Waals surface area contributed by atoms with E-state index in [9.17, 15) is 4.79 Å². The summed E-state index contributed by atoms with van der Waals surface area (Å²) in [5.41, 5.74) is 2.78. The molecule has 1 radical (unpaired) electrons. The number of hydrogen-bond acceptors (Lipinski definition) is 1. The van der Waals surface area contributed by atoms with Crippen molar-refractivity contribution in [3.8, 4) is 0 Å². The van der Waals surface area contributed by atoms with Crippen molar-refractivity contribution in [1.29, 1.82) is 0 Å². The van der Waals surface area contributed by atoms with E-state index < -0.39 is 0 Å². The van der Waals surface area contributed by atoms with Gasteiger partial charge in [-0.1, -0.05) is 13.0 Å². The second kappa shape index (κ2) is 2.52. The molecule has 1 heterocycles. The van der Waals surface area contributed by atoms with Crippen LogP contribution in [0.25, 0.3) is 0 Å². The Labute approximate surface area is 70.8 Å². The summed E-state index contributed by atoms with van der Waals surface area (Å²) >= 11 is 0. The molecule has 2 amide bonds. The van der Waals surface area contributed by atoms with Crippen LogP contribution in [-0.2, 0) is 6.42 Å². The molecule has 1 aliphatic heterocycles. The maximum Gasteiger partial charge on any atom is 0.346 e. The number of hydrogen-bond donors (Lipinski definition) is 1. The van der Waals surface area contributed by atoms with Crippen molar-refractivity contribution in [1.82, 2.24) is 5.32 Å². The summed E-state index contributed by atoms with van der Waals surface area (Å²) in [4.78, 5) is 10.8. The Morgan fingerprint density at radius 3 is 3.08 bits per heavy atom. The van der Waals surface area contributed by atoms with Crippen molar-refractivity contribution in [2.75, 3.05) is 5.32 Å². The van der Waals surface area contributed by atoms with E-state index in [1.807, 2.05) is 18.2 Å². The molecule has 0 bridgehead atoms. The second-order valence-corrected chi connectivity index (χ2v) is 2.75. The van der Waals surface area contributed by atoms with E-state index in [-0.39, 0.29) is 6.03 Å². The van der Waals surface area contributed by atoms with Crippen molar-refractivity contribution in [2.24, 2.45) is 0 Å². The van der Waals surface area contributed by atoms with Crippen LogP contribution >= 0.6 is 0 Å². The van der Waals surface area contributed by atoms with Gasteiger partial charge in [0, 0.05) is 0 Å².